The molecule has 1 amide bonds. The Hall–Kier alpha value is -3.88. The van der Waals surface area contributed by atoms with E-state index < -0.39 is 0 Å². The first-order valence-electron chi connectivity index (χ1n) is 10.5. The number of fused-ring (bicyclic) bond motifs is 2. The maximum absolute atomic E-state index is 11.8. The number of anilines is 1. The minimum atomic E-state index is -0.316. The van der Waals surface area contributed by atoms with Crippen molar-refractivity contribution in [3.05, 3.63) is 71.9 Å². The van der Waals surface area contributed by atoms with E-state index in [0.717, 1.165) is 5.39 Å². The van der Waals surface area contributed by atoms with Crippen molar-refractivity contribution in [3.63, 3.8) is 0 Å². The van der Waals surface area contributed by atoms with E-state index in [1.54, 1.807) is 56.8 Å². The van der Waals surface area contributed by atoms with E-state index in [0.29, 0.717) is 34.2 Å². The fourth-order valence-corrected chi connectivity index (χ4v) is 3.95. The summed E-state index contributed by atoms with van der Waals surface area (Å²) < 4.78 is 16.7. The molecular weight excluding hydrogens is 486 g/mol. The predicted molar refractivity (Wildman–Crippen MR) is 142 cm³/mol. The van der Waals surface area contributed by atoms with Gasteiger partial charge in [-0.15, -0.1) is 0 Å². The summed E-state index contributed by atoms with van der Waals surface area (Å²) in [6.45, 7) is 1.36. The molecule has 178 valence electrons. The van der Waals surface area contributed by atoms with E-state index in [-0.39, 0.29) is 16.0 Å². The van der Waals surface area contributed by atoms with E-state index in [2.05, 4.69) is 29.2 Å². The molecule has 2 aromatic carbocycles. The van der Waals surface area contributed by atoms with Crippen molar-refractivity contribution in [3.8, 4) is 34.1 Å². The number of thiocarbonyl (C=S) groups is 1. The molecule has 2 N–H and O–H groups in total. The lowest BCUT2D eigenvalue weighted by Gasteiger charge is -2.20. The second kappa shape index (κ2) is 10.2. The van der Waals surface area contributed by atoms with E-state index in [1.807, 2.05) is 0 Å². The van der Waals surface area contributed by atoms with Crippen LogP contribution >= 0.6 is 23.8 Å². The summed E-state index contributed by atoms with van der Waals surface area (Å²) in [6.07, 6.45) is 1.62. The Morgan fingerprint density at radius 1 is 0.943 bits per heavy atom. The van der Waals surface area contributed by atoms with Gasteiger partial charge in [0.15, 0.2) is 16.6 Å². The van der Waals surface area contributed by atoms with Gasteiger partial charge in [-0.25, -0.2) is 0 Å². The topological polar surface area (TPSA) is 86.9 Å². The van der Waals surface area contributed by atoms with Crippen LogP contribution in [0, 0.1) is 0 Å². The number of halogens is 1. The van der Waals surface area contributed by atoms with Crippen molar-refractivity contribution in [1.29, 1.82) is 0 Å². The van der Waals surface area contributed by atoms with Gasteiger partial charge in [0, 0.05) is 24.6 Å². The van der Waals surface area contributed by atoms with Crippen LogP contribution in [0.1, 0.15) is 6.92 Å². The van der Waals surface area contributed by atoms with Crippen LogP contribution < -0.4 is 24.8 Å². The number of benzene rings is 3. The number of aromatic nitrogens is 1. The quantitative estimate of drug-likeness (QED) is 0.293. The molecule has 7 nitrogen and oxygen atoms in total. The van der Waals surface area contributed by atoms with Gasteiger partial charge in [0.1, 0.15) is 11.5 Å². The van der Waals surface area contributed by atoms with Crippen LogP contribution in [0.25, 0.3) is 22.0 Å². The van der Waals surface area contributed by atoms with Gasteiger partial charge < -0.3 is 19.9 Å². The highest BCUT2D eigenvalue weighted by Crippen LogP contribution is 2.39. The molecule has 0 saturated carbocycles. The minimum Gasteiger partial charge on any atom is -0.493 e. The van der Waals surface area contributed by atoms with Crippen LogP contribution in [0.2, 0.25) is 5.02 Å². The maximum Gasteiger partial charge on any atom is 0.230 e. The number of hydrogen-bond acceptors (Lipinski definition) is 6. The van der Waals surface area contributed by atoms with E-state index in [9.17, 15) is 4.79 Å². The molecule has 0 aliphatic heterocycles. The van der Waals surface area contributed by atoms with Crippen molar-refractivity contribution in [2.24, 2.45) is 5.73 Å². The molecule has 3 aromatic rings. The molecular formula is C26H22ClN3O4S. The van der Waals surface area contributed by atoms with Gasteiger partial charge in [0.25, 0.3) is 0 Å². The number of carbonyl (C=O) groups excluding carboxylic acids is 1. The summed E-state index contributed by atoms with van der Waals surface area (Å²) in [5, 5.41) is 0.942. The zero-order valence-electron chi connectivity index (χ0n) is 19.2. The van der Waals surface area contributed by atoms with E-state index >= 15 is 0 Å². The van der Waals surface area contributed by atoms with E-state index in [4.69, 9.17) is 43.8 Å². The average molecular weight is 508 g/mol. The highest BCUT2D eigenvalue weighted by Gasteiger charge is 2.17. The lowest BCUT2D eigenvalue weighted by atomic mass is 10.2. The van der Waals surface area contributed by atoms with Gasteiger partial charge in [-0.1, -0.05) is 29.8 Å². The highest BCUT2D eigenvalue weighted by atomic mass is 35.5. The molecule has 2 aliphatic carbocycles. The third-order valence-corrected chi connectivity index (χ3v) is 5.73. The Bertz CT molecular complexity index is 1410. The lowest BCUT2D eigenvalue weighted by molar-refractivity contribution is -0.115. The molecule has 0 bridgehead atoms. The van der Waals surface area contributed by atoms with Crippen LogP contribution in [-0.2, 0) is 4.79 Å². The molecule has 0 spiro atoms. The molecule has 0 radical (unpaired) electrons. The molecule has 9 heteroatoms. The van der Waals surface area contributed by atoms with Crippen LogP contribution in [0.3, 0.4) is 0 Å². The largest absolute Gasteiger partial charge is 0.493 e. The molecule has 5 rings (SSSR count). The Labute approximate surface area is 213 Å². The predicted octanol–water partition coefficient (Wildman–Crippen LogP) is 5.96. The second-order valence-corrected chi connectivity index (χ2v) is 8.35. The summed E-state index contributed by atoms with van der Waals surface area (Å²) in [6, 6.07) is 18.6. The van der Waals surface area contributed by atoms with Gasteiger partial charge in [0.2, 0.25) is 5.91 Å². The number of methoxy groups -OCH3 is 2. The van der Waals surface area contributed by atoms with Gasteiger partial charge in [0.05, 0.1) is 30.4 Å². The van der Waals surface area contributed by atoms with Crippen molar-refractivity contribution in [2.45, 2.75) is 6.92 Å². The first kappa shape index (κ1) is 24.3. The lowest BCUT2D eigenvalue weighted by Crippen LogP contribution is -2.39. The van der Waals surface area contributed by atoms with Gasteiger partial charge in [-0.05, 0) is 59.7 Å². The number of carbonyl (C=O) groups is 1. The third kappa shape index (κ3) is 5.29. The Kier molecular flexibility index (Phi) is 7.04. The summed E-state index contributed by atoms with van der Waals surface area (Å²) in [5.74, 6) is 1.72. The number of rotatable bonds is 5. The zero-order chi connectivity index (χ0) is 25.1. The number of hydrogen-bond donors (Lipinski definition) is 1. The number of nitrogens with two attached hydrogens (primary N) is 1. The molecule has 0 unspecified atom stereocenters. The fraction of sp³-hybridized carbons (Fsp3) is 0.115. The van der Waals surface area contributed by atoms with Crippen LogP contribution in [0.4, 0.5) is 5.69 Å². The Morgan fingerprint density at radius 3 is 2.14 bits per heavy atom. The van der Waals surface area contributed by atoms with E-state index in [1.165, 1.54) is 23.0 Å². The molecule has 1 heterocycles. The Morgan fingerprint density at radius 2 is 1.63 bits per heavy atom. The molecule has 0 saturated heterocycles. The monoisotopic (exact) mass is 507 g/mol. The van der Waals surface area contributed by atoms with Crippen LogP contribution in [0.15, 0.2) is 66.9 Å². The van der Waals surface area contributed by atoms with Crippen molar-refractivity contribution < 1.29 is 19.0 Å². The third-order valence-electron chi connectivity index (χ3n) is 5.25. The maximum atomic E-state index is 11.8. The standard InChI is InChI=1S/C20H18ClN3O4S.C6H4/c1-11(25)24(20(22)29)12-4-5-17(14(21)8-12)28-16-6-7-23-15-10-19(27-3)18(26-2)9-13(15)16;1-2-5-4-6(5)3-1/h4-10H,1-3H3,(H2,22,29);1-4H. The SMILES string of the molecule is COc1cc2nccc(Oc3ccc(N(C(C)=O)C(N)=S)cc3Cl)c2cc1OC.c1cc2cc-2c1. The first-order chi connectivity index (χ1) is 16.8. The van der Waals surface area contributed by atoms with Crippen molar-refractivity contribution in [1.82, 2.24) is 4.98 Å². The summed E-state index contributed by atoms with van der Waals surface area (Å²) in [5.41, 5.74) is 9.60. The first-order valence-corrected chi connectivity index (χ1v) is 11.3. The fourth-order valence-electron chi connectivity index (χ4n) is 3.51. The minimum absolute atomic E-state index is 0.0663. The molecule has 35 heavy (non-hydrogen) atoms. The normalized spacial score (nSPS) is 10.6. The number of pyridine rings is 1. The Balaban J connectivity index is 0.000000411. The van der Waals surface area contributed by atoms with Crippen LogP contribution in [0.5, 0.6) is 23.0 Å². The van der Waals surface area contributed by atoms with Crippen molar-refractivity contribution >= 4 is 51.4 Å². The summed E-state index contributed by atoms with van der Waals surface area (Å²) in [7, 11) is 3.11. The zero-order valence-corrected chi connectivity index (χ0v) is 20.8. The van der Waals surface area contributed by atoms with Crippen molar-refractivity contribution in [2.75, 3.05) is 19.1 Å². The molecule has 0 fully saturated rings. The second-order valence-electron chi connectivity index (χ2n) is 7.52. The smallest absolute Gasteiger partial charge is 0.230 e. The van der Waals surface area contributed by atoms with Gasteiger partial charge in [-0.3, -0.25) is 14.7 Å². The number of ether oxygens (including phenoxy) is 3. The van der Waals surface area contributed by atoms with Crippen LogP contribution in [-0.4, -0.2) is 30.2 Å². The highest BCUT2D eigenvalue weighted by molar-refractivity contribution is 7.80. The summed E-state index contributed by atoms with van der Waals surface area (Å²) in [4.78, 5) is 17.3. The molecule has 2 aliphatic rings. The molecule has 0 atom stereocenters. The van der Waals surface area contributed by atoms with Gasteiger partial charge >= 0.3 is 0 Å². The average Bonchev–Trinajstić information content (AvgIpc) is 3.44. The summed E-state index contributed by atoms with van der Waals surface area (Å²) >= 11 is 11.3. The number of amides is 1. The number of nitrogens with zero attached hydrogens (tertiary/aromatic N) is 2. The molecule has 1 aromatic heterocycles. The van der Waals surface area contributed by atoms with Gasteiger partial charge in [-0.2, -0.15) is 0 Å².